The molecule has 0 atom stereocenters. The number of unbranched alkanes of at least 4 members (excludes halogenated alkanes) is 12. The molecule has 2 aromatic rings. The summed E-state index contributed by atoms with van der Waals surface area (Å²) in [7, 11) is 0. The van der Waals surface area contributed by atoms with Gasteiger partial charge in [0.1, 0.15) is 11.5 Å². The molecule has 2 rings (SSSR count). The molecule has 0 N–H and O–H groups in total. The van der Waals surface area contributed by atoms with Gasteiger partial charge in [-0.05, 0) is 48.9 Å². The molecule has 0 aliphatic rings. The van der Waals surface area contributed by atoms with Gasteiger partial charge in [0.25, 0.3) is 0 Å². The SMILES string of the molecule is CCCCCCCCCc1ccccc1Oc1ccccc1CCCCCCCCC.[KH]. The van der Waals surface area contributed by atoms with Gasteiger partial charge in [-0.2, -0.15) is 0 Å². The molecule has 0 radical (unpaired) electrons. The van der Waals surface area contributed by atoms with Crippen LogP contribution in [0.2, 0.25) is 0 Å². The Morgan fingerprint density at radius 2 is 0.812 bits per heavy atom. The molecule has 0 bridgehead atoms. The molecular weight excluding hydrogens is 415 g/mol. The third kappa shape index (κ3) is 12.9. The summed E-state index contributed by atoms with van der Waals surface area (Å²) in [4.78, 5) is 0. The maximum atomic E-state index is 6.46. The van der Waals surface area contributed by atoms with E-state index >= 15 is 0 Å². The van der Waals surface area contributed by atoms with Crippen molar-refractivity contribution in [1.29, 1.82) is 0 Å². The molecule has 0 spiro atoms. The topological polar surface area (TPSA) is 9.23 Å². The first-order valence-electron chi connectivity index (χ1n) is 13.2. The van der Waals surface area contributed by atoms with E-state index < -0.39 is 0 Å². The van der Waals surface area contributed by atoms with Crippen LogP contribution in [0.25, 0.3) is 0 Å². The third-order valence-corrected chi connectivity index (χ3v) is 6.26. The van der Waals surface area contributed by atoms with Crippen LogP contribution in [0.15, 0.2) is 48.5 Å². The predicted molar refractivity (Wildman–Crippen MR) is 144 cm³/mol. The second kappa shape index (κ2) is 20.3. The quantitative estimate of drug-likeness (QED) is 0.158. The van der Waals surface area contributed by atoms with Crippen molar-refractivity contribution in [3.05, 3.63) is 59.7 Å². The van der Waals surface area contributed by atoms with Gasteiger partial charge in [-0.1, -0.05) is 127 Å². The summed E-state index contributed by atoms with van der Waals surface area (Å²) >= 11 is 0. The Bertz CT molecular complexity index is 637. The summed E-state index contributed by atoms with van der Waals surface area (Å²) in [6.45, 7) is 4.56. The number of hydrogen-bond donors (Lipinski definition) is 0. The van der Waals surface area contributed by atoms with Gasteiger partial charge >= 0.3 is 51.4 Å². The molecule has 0 aromatic heterocycles. The molecule has 0 amide bonds. The molecule has 174 valence electrons. The van der Waals surface area contributed by atoms with Crippen LogP contribution in [0.4, 0.5) is 0 Å². The van der Waals surface area contributed by atoms with Crippen molar-refractivity contribution in [1.82, 2.24) is 0 Å². The van der Waals surface area contributed by atoms with E-state index in [9.17, 15) is 0 Å². The zero-order valence-corrected chi connectivity index (χ0v) is 20.3. The molecule has 2 heteroatoms. The van der Waals surface area contributed by atoms with Gasteiger partial charge in [-0.25, -0.2) is 0 Å². The fraction of sp³-hybridized carbons (Fsp3) is 0.600. The van der Waals surface area contributed by atoms with E-state index in [1.807, 2.05) is 0 Å². The summed E-state index contributed by atoms with van der Waals surface area (Å²) in [5.41, 5.74) is 2.70. The van der Waals surface area contributed by atoms with E-state index in [-0.39, 0.29) is 51.4 Å². The predicted octanol–water partition coefficient (Wildman–Crippen LogP) is 9.42. The van der Waals surface area contributed by atoms with Crippen molar-refractivity contribution < 1.29 is 4.74 Å². The number of hydrogen-bond acceptors (Lipinski definition) is 1. The Morgan fingerprint density at radius 1 is 0.469 bits per heavy atom. The van der Waals surface area contributed by atoms with Crippen LogP contribution in [0.5, 0.6) is 11.5 Å². The van der Waals surface area contributed by atoms with Gasteiger partial charge in [0.2, 0.25) is 0 Å². The van der Waals surface area contributed by atoms with Crippen molar-refractivity contribution in [3.8, 4) is 11.5 Å². The van der Waals surface area contributed by atoms with Gasteiger partial charge in [0.15, 0.2) is 0 Å². The van der Waals surface area contributed by atoms with Crippen LogP contribution >= 0.6 is 0 Å². The fourth-order valence-electron chi connectivity index (χ4n) is 4.28. The fourth-order valence-corrected chi connectivity index (χ4v) is 4.28. The minimum atomic E-state index is 0. The first-order valence-corrected chi connectivity index (χ1v) is 13.2. The van der Waals surface area contributed by atoms with Gasteiger partial charge in [-0.15, -0.1) is 0 Å². The summed E-state index contributed by atoms with van der Waals surface area (Å²) in [6, 6.07) is 17.3. The number of rotatable bonds is 18. The van der Waals surface area contributed by atoms with E-state index in [2.05, 4.69) is 62.4 Å². The molecule has 0 saturated heterocycles. The first kappa shape index (κ1) is 29.9. The van der Waals surface area contributed by atoms with Gasteiger partial charge in [-0.3, -0.25) is 0 Å². The Balaban J connectivity index is 0.00000512. The Hall–Kier alpha value is -0.124. The molecular formula is C30H47KO. The Morgan fingerprint density at radius 3 is 1.22 bits per heavy atom. The molecule has 1 nitrogen and oxygen atoms in total. The van der Waals surface area contributed by atoms with Crippen LogP contribution < -0.4 is 4.74 Å². The van der Waals surface area contributed by atoms with Crippen LogP contribution in [-0.4, -0.2) is 51.4 Å². The number of para-hydroxylation sites is 2. The van der Waals surface area contributed by atoms with E-state index in [1.54, 1.807) is 0 Å². The first-order chi connectivity index (χ1) is 15.3. The minimum absolute atomic E-state index is 0. The summed E-state index contributed by atoms with van der Waals surface area (Å²) < 4.78 is 6.46. The Labute approximate surface area is 241 Å². The van der Waals surface area contributed by atoms with E-state index in [1.165, 1.54) is 101 Å². The second-order valence-electron chi connectivity index (χ2n) is 9.06. The average Bonchev–Trinajstić information content (AvgIpc) is 2.80. The standard InChI is InChI=1S/C30H46O.K.H/c1-3-5-7-9-11-13-15-21-27-23-17-19-25-29(27)31-30-26-20-18-24-28(30)22-16-14-12-10-8-6-4-2;;/h17-20,23-26H,3-16,21-22H2,1-2H3;;. The monoisotopic (exact) mass is 462 g/mol. The molecule has 0 fully saturated rings. The number of benzene rings is 2. The van der Waals surface area contributed by atoms with Gasteiger partial charge < -0.3 is 4.74 Å². The average molecular weight is 463 g/mol. The molecule has 2 aromatic carbocycles. The molecule has 0 unspecified atom stereocenters. The molecule has 0 aliphatic heterocycles. The number of ether oxygens (including phenoxy) is 1. The zero-order chi connectivity index (χ0) is 22.0. The van der Waals surface area contributed by atoms with Gasteiger partial charge in [0.05, 0.1) is 0 Å². The van der Waals surface area contributed by atoms with E-state index in [4.69, 9.17) is 4.74 Å². The van der Waals surface area contributed by atoms with Crippen LogP contribution in [0.1, 0.15) is 115 Å². The van der Waals surface area contributed by atoms with Crippen molar-refractivity contribution >= 4 is 51.4 Å². The molecule has 0 heterocycles. The maximum absolute atomic E-state index is 6.46. The zero-order valence-electron chi connectivity index (χ0n) is 20.3. The van der Waals surface area contributed by atoms with Crippen LogP contribution in [-0.2, 0) is 12.8 Å². The summed E-state index contributed by atoms with van der Waals surface area (Å²) in [6.07, 6.45) is 21.1. The molecule has 0 saturated carbocycles. The number of aryl methyl sites for hydroxylation is 2. The Kier molecular flexibility index (Phi) is 18.9. The van der Waals surface area contributed by atoms with Crippen molar-refractivity contribution in [2.45, 2.75) is 117 Å². The summed E-state index contributed by atoms with van der Waals surface area (Å²) in [5.74, 6) is 2.08. The van der Waals surface area contributed by atoms with Crippen molar-refractivity contribution in [3.63, 3.8) is 0 Å². The van der Waals surface area contributed by atoms with Crippen molar-refractivity contribution in [2.75, 3.05) is 0 Å². The van der Waals surface area contributed by atoms with E-state index in [0.717, 1.165) is 24.3 Å². The van der Waals surface area contributed by atoms with E-state index in [0.29, 0.717) is 0 Å². The van der Waals surface area contributed by atoms with Crippen LogP contribution in [0, 0.1) is 0 Å². The second-order valence-corrected chi connectivity index (χ2v) is 9.06. The van der Waals surface area contributed by atoms with Crippen LogP contribution in [0.3, 0.4) is 0 Å². The van der Waals surface area contributed by atoms with Crippen molar-refractivity contribution in [2.24, 2.45) is 0 Å². The van der Waals surface area contributed by atoms with Gasteiger partial charge in [0, 0.05) is 0 Å². The summed E-state index contributed by atoms with van der Waals surface area (Å²) in [5, 5.41) is 0. The third-order valence-electron chi connectivity index (χ3n) is 6.26. The normalized spacial score (nSPS) is 10.7. The molecule has 0 aliphatic carbocycles. The molecule has 32 heavy (non-hydrogen) atoms.